The first-order valence-corrected chi connectivity index (χ1v) is 6.88. The molecule has 2 rings (SSSR count). The van der Waals surface area contributed by atoms with E-state index >= 15 is 0 Å². The monoisotopic (exact) mass is 253 g/mol. The molecule has 1 unspecified atom stereocenters. The summed E-state index contributed by atoms with van der Waals surface area (Å²) in [6, 6.07) is 3.94. The molecule has 2 aromatic rings. The lowest BCUT2D eigenvalue weighted by molar-refractivity contribution is 0.0614. The van der Waals surface area contributed by atoms with Gasteiger partial charge in [-0.1, -0.05) is 6.07 Å². The van der Waals surface area contributed by atoms with Crippen LogP contribution >= 0.6 is 22.7 Å². The molecule has 1 atom stereocenters. The van der Waals surface area contributed by atoms with Gasteiger partial charge >= 0.3 is 0 Å². The second kappa shape index (κ2) is 4.28. The molecule has 0 aliphatic carbocycles. The van der Waals surface area contributed by atoms with Crippen LogP contribution in [0, 0.1) is 13.8 Å². The Morgan fingerprint density at radius 2 is 2.19 bits per heavy atom. The standard InChI is InChI=1S/C12H15NOS2/c1-8-9(2)16-11(13-8)7-12(3,14)10-5-4-6-15-10/h4-6,14H,7H2,1-3H3. The summed E-state index contributed by atoms with van der Waals surface area (Å²) >= 11 is 3.26. The molecule has 0 aromatic carbocycles. The van der Waals surface area contributed by atoms with E-state index in [0.717, 1.165) is 15.6 Å². The molecule has 0 aliphatic heterocycles. The van der Waals surface area contributed by atoms with Crippen LogP contribution in [0.3, 0.4) is 0 Å². The second-order valence-electron chi connectivity index (χ2n) is 4.18. The van der Waals surface area contributed by atoms with Crippen LogP contribution in [-0.2, 0) is 12.0 Å². The average Bonchev–Trinajstić information content (AvgIpc) is 2.77. The molecule has 16 heavy (non-hydrogen) atoms. The molecule has 0 radical (unpaired) electrons. The number of rotatable bonds is 3. The fraction of sp³-hybridized carbons (Fsp3) is 0.417. The van der Waals surface area contributed by atoms with Crippen LogP contribution in [0.1, 0.15) is 27.4 Å². The Hall–Kier alpha value is -0.710. The van der Waals surface area contributed by atoms with Crippen molar-refractivity contribution in [1.82, 2.24) is 4.98 Å². The van der Waals surface area contributed by atoms with Gasteiger partial charge in [-0.05, 0) is 32.2 Å². The smallest absolute Gasteiger partial charge is 0.102 e. The lowest BCUT2D eigenvalue weighted by Gasteiger charge is -2.20. The van der Waals surface area contributed by atoms with Gasteiger partial charge in [0.05, 0.1) is 10.7 Å². The highest BCUT2D eigenvalue weighted by molar-refractivity contribution is 7.11. The van der Waals surface area contributed by atoms with E-state index in [2.05, 4.69) is 11.9 Å². The van der Waals surface area contributed by atoms with Crippen molar-refractivity contribution < 1.29 is 5.11 Å². The largest absolute Gasteiger partial charge is 0.384 e. The fourth-order valence-corrected chi connectivity index (χ4v) is 3.45. The summed E-state index contributed by atoms with van der Waals surface area (Å²) in [5.41, 5.74) is 0.271. The quantitative estimate of drug-likeness (QED) is 0.910. The molecule has 0 saturated carbocycles. The summed E-state index contributed by atoms with van der Waals surface area (Å²) in [5, 5.41) is 13.4. The van der Waals surface area contributed by atoms with E-state index in [1.807, 2.05) is 31.4 Å². The average molecular weight is 253 g/mol. The highest BCUT2D eigenvalue weighted by Crippen LogP contribution is 2.30. The lowest BCUT2D eigenvalue weighted by atomic mass is 10.0. The molecule has 0 amide bonds. The molecule has 0 spiro atoms. The summed E-state index contributed by atoms with van der Waals surface area (Å²) < 4.78 is 0. The second-order valence-corrected chi connectivity index (χ2v) is 6.41. The molecule has 2 aromatic heterocycles. The summed E-state index contributed by atoms with van der Waals surface area (Å²) in [4.78, 5) is 6.70. The van der Waals surface area contributed by atoms with Gasteiger partial charge in [0, 0.05) is 16.2 Å². The van der Waals surface area contributed by atoms with Crippen molar-refractivity contribution in [2.45, 2.75) is 32.8 Å². The summed E-state index contributed by atoms with van der Waals surface area (Å²) in [7, 11) is 0. The van der Waals surface area contributed by atoms with Crippen molar-refractivity contribution >= 4 is 22.7 Å². The predicted molar refractivity (Wildman–Crippen MR) is 69.2 cm³/mol. The van der Waals surface area contributed by atoms with Crippen molar-refractivity contribution in [3.8, 4) is 0 Å². The predicted octanol–water partition coefficient (Wildman–Crippen LogP) is 3.27. The first kappa shape index (κ1) is 11.8. The molecule has 0 saturated heterocycles. The SMILES string of the molecule is Cc1nc(CC(C)(O)c2cccs2)sc1C. The van der Waals surface area contributed by atoms with E-state index in [9.17, 15) is 5.11 Å². The number of aryl methyl sites for hydroxylation is 2. The molecule has 4 heteroatoms. The molecule has 0 aliphatic rings. The van der Waals surface area contributed by atoms with Crippen molar-refractivity contribution in [2.75, 3.05) is 0 Å². The summed E-state index contributed by atoms with van der Waals surface area (Å²) in [6.45, 7) is 5.93. The van der Waals surface area contributed by atoms with Crippen molar-refractivity contribution in [3.63, 3.8) is 0 Å². The lowest BCUT2D eigenvalue weighted by Crippen LogP contribution is -2.22. The Labute approximate surface area is 104 Å². The Balaban J connectivity index is 2.21. The summed E-state index contributed by atoms with van der Waals surface area (Å²) in [5.74, 6) is 0. The van der Waals surface area contributed by atoms with Crippen LogP contribution < -0.4 is 0 Å². The van der Waals surface area contributed by atoms with Crippen LogP contribution in [-0.4, -0.2) is 10.1 Å². The third-order valence-electron chi connectivity index (χ3n) is 2.62. The zero-order valence-corrected chi connectivity index (χ0v) is 11.3. The highest BCUT2D eigenvalue weighted by Gasteiger charge is 2.26. The molecule has 1 N–H and O–H groups in total. The van der Waals surface area contributed by atoms with E-state index in [-0.39, 0.29) is 0 Å². The number of hydrogen-bond donors (Lipinski definition) is 1. The van der Waals surface area contributed by atoms with Crippen LogP contribution in [0.25, 0.3) is 0 Å². The maximum absolute atomic E-state index is 10.4. The Morgan fingerprint density at radius 1 is 1.44 bits per heavy atom. The zero-order chi connectivity index (χ0) is 11.8. The number of aromatic nitrogens is 1. The highest BCUT2D eigenvalue weighted by atomic mass is 32.1. The van der Waals surface area contributed by atoms with Gasteiger partial charge in [0.25, 0.3) is 0 Å². The Kier molecular flexibility index (Phi) is 3.15. The van der Waals surface area contributed by atoms with Gasteiger partial charge in [-0.25, -0.2) is 4.98 Å². The van der Waals surface area contributed by atoms with Gasteiger partial charge in [-0.15, -0.1) is 22.7 Å². The van der Waals surface area contributed by atoms with Gasteiger partial charge in [-0.2, -0.15) is 0 Å². The minimum atomic E-state index is -0.801. The maximum Gasteiger partial charge on any atom is 0.102 e. The number of thiophene rings is 1. The van der Waals surface area contributed by atoms with E-state index in [1.165, 1.54) is 4.88 Å². The molecular weight excluding hydrogens is 238 g/mol. The number of aliphatic hydroxyl groups is 1. The van der Waals surface area contributed by atoms with Crippen molar-refractivity contribution in [1.29, 1.82) is 0 Å². The Bertz CT molecular complexity index is 452. The Morgan fingerprint density at radius 3 is 2.69 bits per heavy atom. The van der Waals surface area contributed by atoms with E-state index in [0.29, 0.717) is 6.42 Å². The third-order valence-corrected chi connectivity index (χ3v) is 4.82. The summed E-state index contributed by atoms with van der Waals surface area (Å²) in [6.07, 6.45) is 0.590. The van der Waals surface area contributed by atoms with E-state index in [4.69, 9.17) is 0 Å². The first-order valence-electron chi connectivity index (χ1n) is 5.18. The molecule has 2 nitrogen and oxygen atoms in total. The van der Waals surface area contributed by atoms with Gasteiger partial charge in [0.1, 0.15) is 5.60 Å². The fourth-order valence-electron chi connectivity index (χ4n) is 1.58. The normalized spacial score (nSPS) is 15.0. The minimum absolute atomic E-state index is 0.590. The molecule has 0 fully saturated rings. The minimum Gasteiger partial charge on any atom is -0.384 e. The number of thiazole rings is 1. The van der Waals surface area contributed by atoms with Gasteiger partial charge < -0.3 is 5.11 Å². The maximum atomic E-state index is 10.4. The van der Waals surface area contributed by atoms with Crippen molar-refractivity contribution in [2.24, 2.45) is 0 Å². The van der Waals surface area contributed by atoms with Gasteiger partial charge in [-0.3, -0.25) is 0 Å². The number of nitrogens with zero attached hydrogens (tertiary/aromatic N) is 1. The zero-order valence-electron chi connectivity index (χ0n) is 9.65. The molecule has 0 bridgehead atoms. The number of hydrogen-bond acceptors (Lipinski definition) is 4. The van der Waals surface area contributed by atoms with E-state index in [1.54, 1.807) is 22.7 Å². The van der Waals surface area contributed by atoms with Crippen LogP contribution in [0.5, 0.6) is 0 Å². The van der Waals surface area contributed by atoms with Gasteiger partial charge in [0.2, 0.25) is 0 Å². The first-order chi connectivity index (χ1) is 7.49. The van der Waals surface area contributed by atoms with Gasteiger partial charge in [0.15, 0.2) is 0 Å². The molecule has 2 heterocycles. The van der Waals surface area contributed by atoms with Crippen molar-refractivity contribution in [3.05, 3.63) is 38.0 Å². The van der Waals surface area contributed by atoms with E-state index < -0.39 is 5.60 Å². The van der Waals surface area contributed by atoms with Crippen LogP contribution in [0.15, 0.2) is 17.5 Å². The van der Waals surface area contributed by atoms with Crippen LogP contribution in [0.4, 0.5) is 0 Å². The topological polar surface area (TPSA) is 33.1 Å². The van der Waals surface area contributed by atoms with Crippen LogP contribution in [0.2, 0.25) is 0 Å². The molecule has 86 valence electrons. The third kappa shape index (κ3) is 2.34. The molecular formula is C12H15NOS2.